The molecule has 0 aliphatic carbocycles. The number of anilines is 2. The summed E-state index contributed by atoms with van der Waals surface area (Å²) in [7, 11) is -3.42. The van der Waals surface area contributed by atoms with Gasteiger partial charge in [-0.05, 0) is 57.9 Å². The molecule has 1 aliphatic heterocycles. The molecule has 1 saturated heterocycles. The molecule has 3 rings (SSSR count). The molecule has 0 amide bonds. The van der Waals surface area contributed by atoms with Crippen molar-refractivity contribution in [1.29, 1.82) is 0 Å². The summed E-state index contributed by atoms with van der Waals surface area (Å²) < 4.78 is 24.1. The van der Waals surface area contributed by atoms with Crippen LogP contribution in [0.3, 0.4) is 0 Å². The van der Waals surface area contributed by atoms with Gasteiger partial charge in [0.15, 0.2) is 14.9 Å². The molecule has 0 unspecified atom stereocenters. The molecule has 2 aromatic rings. The Morgan fingerprint density at radius 1 is 1.15 bits per heavy atom. The third kappa shape index (κ3) is 3.95. The van der Waals surface area contributed by atoms with Crippen molar-refractivity contribution in [2.75, 3.05) is 23.3 Å². The maximum atomic E-state index is 12.5. The van der Waals surface area contributed by atoms with Crippen molar-refractivity contribution in [3.05, 3.63) is 36.7 Å². The predicted molar refractivity (Wildman–Crippen MR) is 102 cm³/mol. The molecule has 3 heterocycles. The quantitative estimate of drug-likeness (QED) is 0.878. The number of nitrogens with zero attached hydrogens (tertiary/aromatic N) is 4. The average Bonchev–Trinajstić information content (AvgIpc) is 2.62. The third-order valence-corrected chi connectivity index (χ3v) is 6.99. The zero-order valence-corrected chi connectivity index (χ0v) is 16.2. The molecular weight excluding hydrogens is 350 g/mol. The van der Waals surface area contributed by atoms with Gasteiger partial charge in [0, 0.05) is 25.3 Å². The molecule has 0 saturated carbocycles. The van der Waals surface area contributed by atoms with Crippen LogP contribution in [0.1, 0.15) is 33.6 Å². The zero-order chi connectivity index (χ0) is 18.8. The van der Waals surface area contributed by atoms with Crippen molar-refractivity contribution in [3.8, 4) is 0 Å². The van der Waals surface area contributed by atoms with E-state index in [-0.39, 0.29) is 5.03 Å². The first-order valence-corrected chi connectivity index (χ1v) is 10.3. The minimum Gasteiger partial charge on any atom is -0.370 e. The zero-order valence-electron chi connectivity index (χ0n) is 15.4. The van der Waals surface area contributed by atoms with E-state index in [1.54, 1.807) is 39.2 Å². The van der Waals surface area contributed by atoms with Crippen LogP contribution >= 0.6 is 0 Å². The van der Waals surface area contributed by atoms with Crippen LogP contribution in [0.15, 0.2) is 41.7 Å². The normalized spacial score (nSPS) is 16.5. The number of hydrogen-bond acceptors (Lipinski definition) is 7. The summed E-state index contributed by atoms with van der Waals surface area (Å²) in [4.78, 5) is 6.45. The summed E-state index contributed by atoms with van der Waals surface area (Å²) in [6.07, 6.45) is 5.26. The molecule has 0 radical (unpaired) electrons. The molecule has 0 bridgehead atoms. The van der Waals surface area contributed by atoms with Crippen LogP contribution in [0, 0.1) is 0 Å². The SMILES string of the molecule is CC(C)(C)S(=O)(=O)c1ccc(N2CCC(Nc3cccnn3)CC2)cn1. The van der Waals surface area contributed by atoms with Crippen LogP contribution in [-0.4, -0.2) is 47.5 Å². The smallest absolute Gasteiger partial charge is 0.200 e. The van der Waals surface area contributed by atoms with Gasteiger partial charge in [0.2, 0.25) is 0 Å². The van der Waals surface area contributed by atoms with Crippen molar-refractivity contribution >= 4 is 21.3 Å². The maximum Gasteiger partial charge on any atom is 0.200 e. The Hall–Kier alpha value is -2.22. The summed E-state index contributed by atoms with van der Waals surface area (Å²) in [6.45, 7) is 6.82. The van der Waals surface area contributed by atoms with Crippen molar-refractivity contribution in [1.82, 2.24) is 15.2 Å². The second-order valence-corrected chi connectivity index (χ2v) is 10.1. The van der Waals surface area contributed by atoms with E-state index in [4.69, 9.17) is 0 Å². The molecule has 26 heavy (non-hydrogen) atoms. The number of piperidine rings is 1. The monoisotopic (exact) mass is 375 g/mol. The minimum absolute atomic E-state index is 0.132. The molecule has 7 nitrogen and oxygen atoms in total. The van der Waals surface area contributed by atoms with E-state index < -0.39 is 14.6 Å². The van der Waals surface area contributed by atoms with Crippen molar-refractivity contribution in [3.63, 3.8) is 0 Å². The average molecular weight is 375 g/mol. The van der Waals surface area contributed by atoms with E-state index in [0.29, 0.717) is 6.04 Å². The Balaban J connectivity index is 1.61. The number of aromatic nitrogens is 3. The van der Waals surface area contributed by atoms with Gasteiger partial charge in [-0.1, -0.05) is 0 Å². The van der Waals surface area contributed by atoms with Crippen LogP contribution in [-0.2, 0) is 9.84 Å². The van der Waals surface area contributed by atoms with Gasteiger partial charge >= 0.3 is 0 Å². The van der Waals surface area contributed by atoms with Crippen LogP contribution in [0.5, 0.6) is 0 Å². The van der Waals surface area contributed by atoms with E-state index in [9.17, 15) is 8.42 Å². The molecule has 0 aromatic carbocycles. The summed E-state index contributed by atoms with van der Waals surface area (Å²) in [6, 6.07) is 7.60. The van der Waals surface area contributed by atoms with E-state index in [0.717, 1.165) is 37.4 Å². The second-order valence-electron chi connectivity index (χ2n) is 7.49. The number of hydrogen-bond donors (Lipinski definition) is 1. The molecular formula is C18H25N5O2S. The van der Waals surface area contributed by atoms with Crippen LogP contribution in [0.2, 0.25) is 0 Å². The Labute approximate surface area is 154 Å². The maximum absolute atomic E-state index is 12.5. The number of nitrogens with one attached hydrogen (secondary N) is 1. The lowest BCUT2D eigenvalue weighted by molar-refractivity contribution is 0.524. The van der Waals surface area contributed by atoms with Gasteiger partial charge in [0.1, 0.15) is 5.82 Å². The van der Waals surface area contributed by atoms with Gasteiger partial charge in [-0.3, -0.25) is 0 Å². The lowest BCUT2D eigenvalue weighted by atomic mass is 10.0. The van der Waals surface area contributed by atoms with Gasteiger partial charge in [-0.15, -0.1) is 5.10 Å². The fourth-order valence-electron chi connectivity index (χ4n) is 2.90. The highest BCUT2D eigenvalue weighted by molar-refractivity contribution is 7.92. The van der Waals surface area contributed by atoms with Crippen molar-refractivity contribution < 1.29 is 8.42 Å². The van der Waals surface area contributed by atoms with Gasteiger partial charge in [0.25, 0.3) is 0 Å². The van der Waals surface area contributed by atoms with Crippen molar-refractivity contribution in [2.24, 2.45) is 0 Å². The fraction of sp³-hybridized carbons (Fsp3) is 0.500. The van der Waals surface area contributed by atoms with E-state index >= 15 is 0 Å². The van der Waals surface area contributed by atoms with Gasteiger partial charge < -0.3 is 10.2 Å². The van der Waals surface area contributed by atoms with Gasteiger partial charge in [-0.2, -0.15) is 5.10 Å². The van der Waals surface area contributed by atoms with Gasteiger partial charge in [-0.25, -0.2) is 13.4 Å². The standard InChI is InChI=1S/C18H25N5O2S/c1-18(2,3)26(24,25)17-7-6-15(13-19-17)23-11-8-14(9-12-23)21-16-5-4-10-20-22-16/h4-7,10,13-14H,8-9,11-12H2,1-3H3,(H,21,22). The highest BCUT2D eigenvalue weighted by atomic mass is 32.2. The lowest BCUT2D eigenvalue weighted by Gasteiger charge is -2.34. The summed E-state index contributed by atoms with van der Waals surface area (Å²) in [5.41, 5.74) is 0.954. The van der Waals surface area contributed by atoms with Crippen LogP contribution in [0.25, 0.3) is 0 Å². The first-order chi connectivity index (χ1) is 12.3. The first kappa shape index (κ1) is 18.6. The summed E-state index contributed by atoms with van der Waals surface area (Å²) in [5.74, 6) is 0.796. The first-order valence-electron chi connectivity index (χ1n) is 8.77. The summed E-state index contributed by atoms with van der Waals surface area (Å²) >= 11 is 0. The molecule has 1 fully saturated rings. The Kier molecular flexibility index (Phi) is 5.13. The van der Waals surface area contributed by atoms with Gasteiger partial charge in [0.05, 0.1) is 16.6 Å². The number of sulfone groups is 1. The Morgan fingerprint density at radius 2 is 1.88 bits per heavy atom. The molecule has 140 valence electrons. The highest BCUT2D eigenvalue weighted by Gasteiger charge is 2.32. The van der Waals surface area contributed by atoms with E-state index in [1.807, 2.05) is 18.2 Å². The highest BCUT2D eigenvalue weighted by Crippen LogP contribution is 2.26. The molecule has 1 aliphatic rings. The molecule has 2 aromatic heterocycles. The molecule has 8 heteroatoms. The molecule has 0 spiro atoms. The fourth-order valence-corrected chi connectivity index (χ4v) is 3.97. The Bertz CT molecular complexity index is 824. The minimum atomic E-state index is -3.42. The predicted octanol–water partition coefficient (Wildman–Crippen LogP) is 2.52. The second kappa shape index (κ2) is 7.19. The lowest BCUT2D eigenvalue weighted by Crippen LogP contribution is -2.39. The third-order valence-electron chi connectivity index (χ3n) is 4.59. The Morgan fingerprint density at radius 3 is 2.42 bits per heavy atom. The molecule has 1 N–H and O–H groups in total. The van der Waals surface area contributed by atoms with E-state index in [2.05, 4.69) is 25.4 Å². The van der Waals surface area contributed by atoms with Crippen LogP contribution in [0.4, 0.5) is 11.5 Å². The summed E-state index contributed by atoms with van der Waals surface area (Å²) in [5, 5.41) is 11.5. The topological polar surface area (TPSA) is 88.1 Å². The number of rotatable bonds is 4. The number of pyridine rings is 1. The molecule has 0 atom stereocenters. The van der Waals surface area contributed by atoms with Crippen LogP contribution < -0.4 is 10.2 Å². The largest absolute Gasteiger partial charge is 0.370 e. The van der Waals surface area contributed by atoms with Crippen molar-refractivity contribution in [2.45, 2.75) is 49.4 Å². The van der Waals surface area contributed by atoms with E-state index in [1.165, 1.54) is 0 Å².